The molecule has 0 fully saturated rings. The van der Waals surface area contributed by atoms with Crippen LogP contribution in [0.25, 0.3) is 0 Å². The van der Waals surface area contributed by atoms with Crippen LogP contribution in [0.4, 0.5) is 10.1 Å². The highest BCUT2D eigenvalue weighted by atomic mass is 32.2. The first-order valence-electron chi connectivity index (χ1n) is 5.41. The summed E-state index contributed by atoms with van der Waals surface area (Å²) in [5.41, 5.74) is 0.606. The van der Waals surface area contributed by atoms with E-state index in [9.17, 15) is 17.6 Å². The molecule has 0 aliphatic carbocycles. The number of sulfonamides is 1. The highest BCUT2D eigenvalue weighted by molar-refractivity contribution is 7.93. The maximum absolute atomic E-state index is 13.1. The van der Waals surface area contributed by atoms with Crippen LogP contribution < -0.4 is 4.72 Å². The third-order valence-electron chi connectivity index (χ3n) is 2.56. The Balaban J connectivity index is 2.44. The van der Waals surface area contributed by atoms with Crippen molar-refractivity contribution in [3.8, 4) is 0 Å². The number of carboxylic acid groups (broad SMARTS) is 1. The molecule has 0 bridgehead atoms. The molecule has 106 valence electrons. The number of aromatic carboxylic acids is 1. The Hall–Kier alpha value is -1.93. The van der Waals surface area contributed by atoms with Crippen molar-refractivity contribution in [3.63, 3.8) is 0 Å². The summed E-state index contributed by atoms with van der Waals surface area (Å²) in [5, 5.41) is 10.3. The van der Waals surface area contributed by atoms with Gasteiger partial charge in [0.05, 0.1) is 5.69 Å². The molecule has 0 radical (unpaired) electrons. The van der Waals surface area contributed by atoms with Crippen LogP contribution in [0, 0.1) is 12.7 Å². The Bertz CT molecular complexity index is 768. The lowest BCUT2D eigenvalue weighted by Crippen LogP contribution is -2.16. The first-order valence-corrected chi connectivity index (χ1v) is 7.77. The smallest absolute Gasteiger partial charge is 0.347 e. The summed E-state index contributed by atoms with van der Waals surface area (Å²) in [6, 6.07) is 4.88. The van der Waals surface area contributed by atoms with E-state index in [2.05, 4.69) is 4.72 Å². The van der Waals surface area contributed by atoms with Crippen molar-refractivity contribution in [2.24, 2.45) is 0 Å². The van der Waals surface area contributed by atoms with Gasteiger partial charge in [-0.1, -0.05) is 6.07 Å². The summed E-state index contributed by atoms with van der Waals surface area (Å²) in [7, 11) is -4.07. The van der Waals surface area contributed by atoms with Gasteiger partial charge in [-0.3, -0.25) is 4.72 Å². The highest BCUT2D eigenvalue weighted by Gasteiger charge is 2.24. The Morgan fingerprint density at radius 2 is 2.05 bits per heavy atom. The van der Waals surface area contributed by atoms with Crippen LogP contribution in [0.3, 0.4) is 0 Å². The predicted molar refractivity (Wildman–Crippen MR) is 73.2 cm³/mol. The molecule has 0 saturated heterocycles. The molecule has 0 saturated carbocycles. The molecule has 0 unspecified atom stereocenters. The maximum Gasteiger partial charge on any atom is 0.347 e. The first kappa shape index (κ1) is 14.5. The van der Waals surface area contributed by atoms with Crippen molar-refractivity contribution in [1.82, 2.24) is 0 Å². The van der Waals surface area contributed by atoms with Crippen molar-refractivity contribution in [1.29, 1.82) is 0 Å². The number of halogens is 1. The number of carboxylic acids is 1. The second-order valence-electron chi connectivity index (χ2n) is 3.98. The summed E-state index contributed by atoms with van der Waals surface area (Å²) >= 11 is 0.810. The van der Waals surface area contributed by atoms with Gasteiger partial charge in [0, 0.05) is 0 Å². The number of hydrogen-bond donors (Lipinski definition) is 2. The highest BCUT2D eigenvalue weighted by Crippen LogP contribution is 2.26. The van der Waals surface area contributed by atoms with Crippen LogP contribution >= 0.6 is 11.3 Å². The van der Waals surface area contributed by atoms with Gasteiger partial charge < -0.3 is 5.11 Å². The zero-order valence-electron chi connectivity index (χ0n) is 10.3. The van der Waals surface area contributed by atoms with E-state index in [-0.39, 0.29) is 15.5 Å². The third-order valence-corrected chi connectivity index (χ3v) is 5.00. The topological polar surface area (TPSA) is 83.5 Å². The molecule has 5 nitrogen and oxygen atoms in total. The van der Waals surface area contributed by atoms with E-state index < -0.39 is 21.8 Å². The molecular weight excluding hydrogens is 305 g/mol. The Morgan fingerprint density at radius 3 is 2.70 bits per heavy atom. The molecule has 0 amide bonds. The summed E-state index contributed by atoms with van der Waals surface area (Å²) in [6.45, 7) is 1.61. The quantitative estimate of drug-likeness (QED) is 0.908. The standard InChI is InChI=1S/C12H10FNO4S2/c1-7-2-3-8(13)6-9(7)14-20(17,18)10-4-5-19-11(10)12(15)16/h2-6,14H,1H3,(H,15,16). The lowest BCUT2D eigenvalue weighted by Gasteiger charge is -2.10. The second-order valence-corrected chi connectivity index (χ2v) is 6.55. The molecule has 1 aromatic carbocycles. The first-order chi connectivity index (χ1) is 9.31. The number of thiophene rings is 1. The average molecular weight is 315 g/mol. The molecular formula is C12H10FNO4S2. The van der Waals surface area contributed by atoms with Crippen LogP contribution in [0.5, 0.6) is 0 Å². The van der Waals surface area contributed by atoms with Gasteiger partial charge in [0.1, 0.15) is 15.6 Å². The van der Waals surface area contributed by atoms with Crippen molar-refractivity contribution in [2.45, 2.75) is 11.8 Å². The number of anilines is 1. The fourth-order valence-electron chi connectivity index (χ4n) is 1.57. The largest absolute Gasteiger partial charge is 0.477 e. The molecule has 1 aromatic heterocycles. The summed E-state index contributed by atoms with van der Waals surface area (Å²) in [6.07, 6.45) is 0. The SMILES string of the molecule is Cc1ccc(F)cc1NS(=O)(=O)c1ccsc1C(=O)O. The van der Waals surface area contributed by atoms with Crippen LogP contribution in [0.1, 0.15) is 15.2 Å². The number of carbonyl (C=O) groups is 1. The summed E-state index contributed by atoms with van der Waals surface area (Å²) in [5.74, 6) is -1.91. The van der Waals surface area contributed by atoms with E-state index >= 15 is 0 Å². The monoisotopic (exact) mass is 315 g/mol. The van der Waals surface area contributed by atoms with Gasteiger partial charge >= 0.3 is 5.97 Å². The van der Waals surface area contributed by atoms with Crippen LogP contribution in [-0.4, -0.2) is 19.5 Å². The maximum atomic E-state index is 13.1. The summed E-state index contributed by atoms with van der Waals surface area (Å²) < 4.78 is 39.7. The fraction of sp³-hybridized carbons (Fsp3) is 0.0833. The van der Waals surface area contributed by atoms with Crippen molar-refractivity contribution in [2.75, 3.05) is 4.72 Å². The minimum absolute atomic E-state index is 0.0764. The molecule has 0 spiro atoms. The van der Waals surface area contributed by atoms with E-state index in [1.165, 1.54) is 23.6 Å². The Kier molecular flexibility index (Phi) is 3.78. The van der Waals surface area contributed by atoms with Gasteiger partial charge in [0.2, 0.25) is 0 Å². The van der Waals surface area contributed by atoms with E-state index in [0.29, 0.717) is 5.56 Å². The minimum Gasteiger partial charge on any atom is -0.477 e. The van der Waals surface area contributed by atoms with E-state index in [4.69, 9.17) is 5.11 Å². The van der Waals surface area contributed by atoms with E-state index in [1.54, 1.807) is 6.92 Å². The van der Waals surface area contributed by atoms with Crippen molar-refractivity contribution in [3.05, 3.63) is 45.9 Å². The molecule has 2 rings (SSSR count). The Labute approximate surface area is 118 Å². The van der Waals surface area contributed by atoms with Crippen molar-refractivity contribution < 1.29 is 22.7 Å². The summed E-state index contributed by atoms with van der Waals surface area (Å²) in [4.78, 5) is 10.3. The van der Waals surface area contributed by atoms with Crippen LogP contribution in [0.2, 0.25) is 0 Å². The lowest BCUT2D eigenvalue weighted by molar-refractivity contribution is 0.0698. The van der Waals surface area contributed by atoms with Crippen LogP contribution in [-0.2, 0) is 10.0 Å². The van der Waals surface area contributed by atoms with Gasteiger partial charge in [0.15, 0.2) is 0 Å². The lowest BCUT2D eigenvalue weighted by atomic mass is 10.2. The number of hydrogen-bond acceptors (Lipinski definition) is 4. The zero-order chi connectivity index (χ0) is 14.9. The van der Waals surface area contributed by atoms with Gasteiger partial charge in [-0.05, 0) is 36.1 Å². The number of rotatable bonds is 4. The molecule has 20 heavy (non-hydrogen) atoms. The van der Waals surface area contributed by atoms with Crippen molar-refractivity contribution >= 4 is 33.0 Å². The van der Waals surface area contributed by atoms with E-state index in [0.717, 1.165) is 17.4 Å². The number of benzene rings is 1. The molecule has 2 aromatic rings. The molecule has 0 aliphatic heterocycles. The molecule has 0 atom stereocenters. The predicted octanol–water partition coefficient (Wildman–Crippen LogP) is 2.69. The molecule has 0 aliphatic rings. The number of nitrogens with one attached hydrogen (secondary N) is 1. The Morgan fingerprint density at radius 1 is 1.35 bits per heavy atom. The normalized spacial score (nSPS) is 11.3. The van der Waals surface area contributed by atoms with Gasteiger partial charge in [-0.15, -0.1) is 11.3 Å². The van der Waals surface area contributed by atoms with Crippen LogP contribution in [0.15, 0.2) is 34.5 Å². The molecule has 1 heterocycles. The van der Waals surface area contributed by atoms with E-state index in [1.807, 2.05) is 0 Å². The van der Waals surface area contributed by atoms with Gasteiger partial charge in [0.25, 0.3) is 10.0 Å². The average Bonchev–Trinajstić information content (AvgIpc) is 2.83. The van der Waals surface area contributed by atoms with Gasteiger partial charge in [-0.2, -0.15) is 0 Å². The second kappa shape index (κ2) is 5.22. The number of aryl methyl sites for hydroxylation is 1. The molecule has 8 heteroatoms. The molecule has 2 N–H and O–H groups in total. The third kappa shape index (κ3) is 2.81. The van der Waals surface area contributed by atoms with Gasteiger partial charge in [-0.25, -0.2) is 17.6 Å². The fourth-order valence-corrected chi connectivity index (χ4v) is 3.95. The minimum atomic E-state index is -4.07. The zero-order valence-corrected chi connectivity index (χ0v) is 11.9.